The van der Waals surface area contributed by atoms with Gasteiger partial charge in [0.2, 0.25) is 0 Å². The Morgan fingerprint density at radius 3 is 2.16 bits per heavy atom. The standard InChI is InChI=1S/C25H40/c1-10-12-18-25(8,9)23(5)17-19-24(6,7)20-22(4)16-14-13-15-21(3)11-2/h11,13-17,19H,2,5,10,12,18,20H2,1,3-4,6-9H3/b14-13+,19-17+,21-15+,22-16+. The summed E-state index contributed by atoms with van der Waals surface area (Å²) in [5.41, 5.74) is 4.11. The first-order valence-electron chi connectivity index (χ1n) is 9.56. The largest absolute Gasteiger partial charge is 0.0988 e. The minimum Gasteiger partial charge on any atom is -0.0988 e. The van der Waals surface area contributed by atoms with Crippen LogP contribution in [0.25, 0.3) is 0 Å². The molecule has 0 aliphatic rings. The van der Waals surface area contributed by atoms with Gasteiger partial charge in [0, 0.05) is 0 Å². The highest BCUT2D eigenvalue weighted by Gasteiger charge is 2.20. The molecular formula is C25H40. The van der Waals surface area contributed by atoms with E-state index in [2.05, 4.69) is 98.1 Å². The van der Waals surface area contributed by atoms with E-state index in [-0.39, 0.29) is 10.8 Å². The van der Waals surface area contributed by atoms with Gasteiger partial charge in [-0.3, -0.25) is 0 Å². The van der Waals surface area contributed by atoms with Gasteiger partial charge in [0.05, 0.1) is 0 Å². The van der Waals surface area contributed by atoms with E-state index in [1.165, 1.54) is 36.0 Å². The fourth-order valence-corrected chi connectivity index (χ4v) is 2.66. The lowest BCUT2D eigenvalue weighted by atomic mass is 9.78. The molecule has 0 rings (SSSR count). The van der Waals surface area contributed by atoms with Gasteiger partial charge < -0.3 is 0 Å². The van der Waals surface area contributed by atoms with Crippen LogP contribution in [0, 0.1) is 10.8 Å². The zero-order valence-corrected chi connectivity index (χ0v) is 17.8. The van der Waals surface area contributed by atoms with Crippen molar-refractivity contribution in [1.82, 2.24) is 0 Å². The van der Waals surface area contributed by atoms with Crippen LogP contribution in [0.5, 0.6) is 0 Å². The van der Waals surface area contributed by atoms with Crippen LogP contribution in [0.15, 0.2) is 72.4 Å². The Morgan fingerprint density at radius 1 is 1.00 bits per heavy atom. The van der Waals surface area contributed by atoms with Gasteiger partial charge in [-0.15, -0.1) is 0 Å². The second kappa shape index (κ2) is 11.1. The number of hydrogen-bond acceptors (Lipinski definition) is 0. The first kappa shape index (κ1) is 23.4. The van der Waals surface area contributed by atoms with E-state index in [9.17, 15) is 0 Å². The molecular weight excluding hydrogens is 300 g/mol. The summed E-state index contributed by atoms with van der Waals surface area (Å²) in [7, 11) is 0. The highest BCUT2D eigenvalue weighted by atomic mass is 14.3. The lowest BCUT2D eigenvalue weighted by Gasteiger charge is -2.27. The minimum atomic E-state index is 0.130. The summed E-state index contributed by atoms with van der Waals surface area (Å²) in [4.78, 5) is 0. The lowest BCUT2D eigenvalue weighted by molar-refractivity contribution is 0.399. The van der Waals surface area contributed by atoms with Crippen molar-refractivity contribution in [2.24, 2.45) is 10.8 Å². The molecule has 0 nitrogen and oxygen atoms in total. The second-order valence-electron chi connectivity index (χ2n) is 8.52. The van der Waals surface area contributed by atoms with Crippen LogP contribution < -0.4 is 0 Å². The predicted octanol–water partition coefficient (Wildman–Crippen LogP) is 8.37. The van der Waals surface area contributed by atoms with Crippen LogP contribution in [0.1, 0.15) is 74.1 Å². The van der Waals surface area contributed by atoms with Crippen molar-refractivity contribution in [3.8, 4) is 0 Å². The average Bonchev–Trinajstić information content (AvgIpc) is 2.54. The Labute approximate surface area is 157 Å². The molecule has 0 saturated heterocycles. The molecule has 0 aromatic carbocycles. The van der Waals surface area contributed by atoms with E-state index in [0.717, 1.165) is 6.42 Å². The predicted molar refractivity (Wildman–Crippen MR) is 117 cm³/mol. The van der Waals surface area contributed by atoms with Crippen molar-refractivity contribution in [3.63, 3.8) is 0 Å². The number of rotatable bonds is 11. The van der Waals surface area contributed by atoms with Crippen LogP contribution >= 0.6 is 0 Å². The number of allylic oxidation sites excluding steroid dienone is 10. The van der Waals surface area contributed by atoms with Crippen LogP contribution in [0.3, 0.4) is 0 Å². The summed E-state index contributed by atoms with van der Waals surface area (Å²) in [6, 6.07) is 0. The zero-order chi connectivity index (χ0) is 19.5. The summed E-state index contributed by atoms with van der Waals surface area (Å²) in [6.45, 7) is 23.8. The van der Waals surface area contributed by atoms with Crippen molar-refractivity contribution in [1.29, 1.82) is 0 Å². The Hall–Kier alpha value is -1.56. The molecule has 0 bridgehead atoms. The summed E-state index contributed by atoms with van der Waals surface area (Å²) in [6.07, 6.45) is 19.6. The molecule has 0 heterocycles. The van der Waals surface area contributed by atoms with Crippen molar-refractivity contribution in [2.75, 3.05) is 0 Å². The average molecular weight is 341 g/mol. The van der Waals surface area contributed by atoms with E-state index in [4.69, 9.17) is 0 Å². The molecule has 0 aliphatic heterocycles. The number of unbranched alkanes of at least 4 members (excludes halogenated alkanes) is 1. The normalized spacial score (nSPS) is 14.5. The summed E-state index contributed by atoms with van der Waals surface area (Å²) >= 11 is 0. The van der Waals surface area contributed by atoms with E-state index >= 15 is 0 Å². The van der Waals surface area contributed by atoms with E-state index < -0.39 is 0 Å². The van der Waals surface area contributed by atoms with Gasteiger partial charge >= 0.3 is 0 Å². The fraction of sp³-hybridized carbons (Fsp3) is 0.520. The van der Waals surface area contributed by atoms with Crippen molar-refractivity contribution in [3.05, 3.63) is 72.4 Å². The molecule has 0 spiro atoms. The van der Waals surface area contributed by atoms with E-state index in [0.29, 0.717) is 0 Å². The quantitative estimate of drug-likeness (QED) is 0.331. The molecule has 0 unspecified atom stereocenters. The molecule has 0 heteroatoms. The Balaban J connectivity index is 4.80. The SMILES string of the molecule is C=C/C(C)=C/C=C/C=C(\C)CC(C)(C)/C=C/C(=C)C(C)(C)CCCC. The maximum atomic E-state index is 4.32. The fourth-order valence-electron chi connectivity index (χ4n) is 2.66. The molecule has 0 saturated carbocycles. The Morgan fingerprint density at radius 2 is 1.60 bits per heavy atom. The Bertz CT molecular complexity index is 545. The lowest BCUT2D eigenvalue weighted by Crippen LogP contribution is -2.14. The first-order valence-corrected chi connectivity index (χ1v) is 9.56. The zero-order valence-electron chi connectivity index (χ0n) is 17.8. The monoisotopic (exact) mass is 340 g/mol. The second-order valence-corrected chi connectivity index (χ2v) is 8.52. The summed E-state index contributed by atoms with van der Waals surface area (Å²) < 4.78 is 0. The molecule has 0 aliphatic carbocycles. The summed E-state index contributed by atoms with van der Waals surface area (Å²) in [5.74, 6) is 0. The number of hydrogen-bond donors (Lipinski definition) is 0. The molecule has 25 heavy (non-hydrogen) atoms. The molecule has 0 amide bonds. The van der Waals surface area contributed by atoms with Gasteiger partial charge in [-0.25, -0.2) is 0 Å². The van der Waals surface area contributed by atoms with Crippen LogP contribution in [0.4, 0.5) is 0 Å². The molecule has 0 radical (unpaired) electrons. The van der Waals surface area contributed by atoms with Gasteiger partial charge in [0.15, 0.2) is 0 Å². The van der Waals surface area contributed by atoms with Crippen molar-refractivity contribution >= 4 is 0 Å². The molecule has 140 valence electrons. The highest BCUT2D eigenvalue weighted by molar-refractivity contribution is 5.26. The third-order valence-electron chi connectivity index (χ3n) is 4.67. The maximum absolute atomic E-state index is 4.32. The van der Waals surface area contributed by atoms with Crippen molar-refractivity contribution in [2.45, 2.75) is 74.1 Å². The third kappa shape index (κ3) is 10.8. The van der Waals surface area contributed by atoms with E-state index in [1.54, 1.807) is 0 Å². The van der Waals surface area contributed by atoms with Gasteiger partial charge in [0.25, 0.3) is 0 Å². The van der Waals surface area contributed by atoms with Crippen LogP contribution in [0.2, 0.25) is 0 Å². The van der Waals surface area contributed by atoms with Crippen LogP contribution in [-0.2, 0) is 0 Å². The smallest absolute Gasteiger partial charge is 0.0110 e. The van der Waals surface area contributed by atoms with Crippen LogP contribution in [-0.4, -0.2) is 0 Å². The molecule has 0 fully saturated rings. The van der Waals surface area contributed by atoms with E-state index in [1.807, 2.05) is 6.08 Å². The summed E-state index contributed by atoms with van der Waals surface area (Å²) in [5, 5.41) is 0. The molecule has 0 aromatic rings. The van der Waals surface area contributed by atoms with Gasteiger partial charge in [-0.1, -0.05) is 114 Å². The van der Waals surface area contributed by atoms with Crippen molar-refractivity contribution < 1.29 is 0 Å². The molecule has 0 N–H and O–H groups in total. The molecule has 0 atom stereocenters. The van der Waals surface area contributed by atoms with Gasteiger partial charge in [-0.2, -0.15) is 0 Å². The minimum absolute atomic E-state index is 0.130. The first-order chi connectivity index (χ1) is 11.5. The van der Waals surface area contributed by atoms with Gasteiger partial charge in [-0.05, 0) is 43.1 Å². The topological polar surface area (TPSA) is 0 Å². The Kier molecular flexibility index (Phi) is 10.4. The maximum Gasteiger partial charge on any atom is -0.0110 e. The highest BCUT2D eigenvalue weighted by Crippen LogP contribution is 2.34. The molecule has 0 aromatic heterocycles. The third-order valence-corrected chi connectivity index (χ3v) is 4.67. The van der Waals surface area contributed by atoms with Gasteiger partial charge in [0.1, 0.15) is 0 Å².